The van der Waals surface area contributed by atoms with Crippen LogP contribution in [0.1, 0.15) is 47.6 Å². The number of methoxy groups -OCH3 is 1. The molecule has 21 heavy (non-hydrogen) atoms. The first kappa shape index (κ1) is 15.6. The van der Waals surface area contributed by atoms with Gasteiger partial charge in [-0.05, 0) is 32.3 Å². The third-order valence-corrected chi connectivity index (χ3v) is 4.19. The summed E-state index contributed by atoms with van der Waals surface area (Å²) < 4.78 is 10.8. The molecule has 1 aromatic rings. The molecule has 0 radical (unpaired) electrons. The van der Waals surface area contributed by atoms with Crippen molar-refractivity contribution in [1.29, 1.82) is 0 Å². The number of aromatic carboxylic acids is 1. The Balaban J connectivity index is 1.97. The van der Waals surface area contributed by atoms with E-state index >= 15 is 0 Å². The fourth-order valence-corrected chi connectivity index (χ4v) is 2.59. The highest BCUT2D eigenvalue weighted by molar-refractivity contribution is 5.88. The van der Waals surface area contributed by atoms with Gasteiger partial charge in [-0.25, -0.2) is 4.79 Å². The number of nitrogens with zero attached hydrogens (tertiary/aromatic N) is 1. The average Bonchev–Trinajstić information content (AvgIpc) is 2.74. The number of rotatable bonds is 6. The summed E-state index contributed by atoms with van der Waals surface area (Å²) in [5.41, 5.74) is -0.172. The summed E-state index contributed by atoms with van der Waals surface area (Å²) in [6.07, 6.45) is 3.26. The summed E-state index contributed by atoms with van der Waals surface area (Å²) in [5.74, 6) is -0.224. The van der Waals surface area contributed by atoms with Crippen LogP contribution in [0.25, 0.3) is 0 Å². The van der Waals surface area contributed by atoms with E-state index in [-0.39, 0.29) is 23.6 Å². The van der Waals surface area contributed by atoms with Crippen molar-refractivity contribution in [2.45, 2.75) is 44.8 Å². The lowest BCUT2D eigenvalue weighted by Crippen LogP contribution is -2.44. The van der Waals surface area contributed by atoms with E-state index in [1.165, 1.54) is 6.07 Å². The molecule has 0 bridgehead atoms. The molecule has 0 aromatic carbocycles. The zero-order chi connectivity index (χ0) is 15.6. The summed E-state index contributed by atoms with van der Waals surface area (Å²) in [6.45, 7) is 1.86. The second-order valence-corrected chi connectivity index (χ2v) is 5.65. The van der Waals surface area contributed by atoms with Crippen LogP contribution in [0, 0.1) is 6.92 Å². The molecule has 2 rings (SSSR count). The maximum absolute atomic E-state index is 12.2. The quantitative estimate of drug-likeness (QED) is 0.870. The van der Waals surface area contributed by atoms with Crippen molar-refractivity contribution in [2.24, 2.45) is 0 Å². The van der Waals surface area contributed by atoms with Gasteiger partial charge in [0.1, 0.15) is 17.1 Å². The minimum Gasteiger partial charge on any atom is -0.478 e. The van der Waals surface area contributed by atoms with E-state index < -0.39 is 5.97 Å². The first-order valence-electron chi connectivity index (χ1n) is 6.98. The number of hydrogen-bond donors (Lipinski definition) is 1. The Morgan fingerprint density at radius 1 is 1.48 bits per heavy atom. The van der Waals surface area contributed by atoms with Crippen LogP contribution < -0.4 is 0 Å². The van der Waals surface area contributed by atoms with Gasteiger partial charge in [0.15, 0.2) is 0 Å². The van der Waals surface area contributed by atoms with Crippen LogP contribution >= 0.6 is 0 Å². The standard InChI is InChI=1S/C15H21NO5/c1-10-12(14(18)19)7-11(21-10)9-16(2)13(17)8-15(20-3)5-4-6-15/h7H,4-6,8-9H2,1-3H3,(H,18,19). The number of carbonyl (C=O) groups excluding carboxylic acids is 1. The lowest BCUT2D eigenvalue weighted by molar-refractivity contribution is -0.143. The molecule has 0 aliphatic heterocycles. The molecule has 1 aromatic heterocycles. The molecule has 0 unspecified atom stereocenters. The third-order valence-electron chi connectivity index (χ3n) is 4.19. The van der Waals surface area contributed by atoms with E-state index in [0.29, 0.717) is 17.9 Å². The summed E-state index contributed by atoms with van der Waals surface area (Å²) >= 11 is 0. The molecule has 1 saturated carbocycles. The van der Waals surface area contributed by atoms with Gasteiger partial charge >= 0.3 is 5.97 Å². The van der Waals surface area contributed by atoms with E-state index in [1.807, 2.05) is 0 Å². The van der Waals surface area contributed by atoms with Gasteiger partial charge in [-0.3, -0.25) is 4.79 Å². The SMILES string of the molecule is COC1(CC(=O)N(C)Cc2cc(C(=O)O)c(C)o2)CCC1. The predicted octanol–water partition coefficient (Wildman–Crippen LogP) is 2.20. The number of carboxylic acid groups (broad SMARTS) is 1. The van der Waals surface area contributed by atoms with Gasteiger partial charge in [-0.1, -0.05) is 0 Å². The Hall–Kier alpha value is -1.82. The van der Waals surface area contributed by atoms with Crippen molar-refractivity contribution in [3.63, 3.8) is 0 Å². The first-order valence-corrected chi connectivity index (χ1v) is 6.98. The number of aryl methyl sites for hydroxylation is 1. The second-order valence-electron chi connectivity index (χ2n) is 5.65. The number of carbonyl (C=O) groups is 2. The number of ether oxygens (including phenoxy) is 1. The molecule has 1 amide bonds. The van der Waals surface area contributed by atoms with Crippen molar-refractivity contribution in [2.75, 3.05) is 14.2 Å². The van der Waals surface area contributed by atoms with Crippen LogP contribution in [0.2, 0.25) is 0 Å². The molecule has 0 atom stereocenters. The van der Waals surface area contributed by atoms with Gasteiger partial charge < -0.3 is 19.2 Å². The fraction of sp³-hybridized carbons (Fsp3) is 0.600. The lowest BCUT2D eigenvalue weighted by Gasteiger charge is -2.40. The maximum Gasteiger partial charge on any atom is 0.339 e. The summed E-state index contributed by atoms with van der Waals surface area (Å²) in [5, 5.41) is 8.99. The first-order chi connectivity index (χ1) is 9.87. The Morgan fingerprint density at radius 2 is 2.14 bits per heavy atom. The molecule has 116 valence electrons. The molecule has 1 N–H and O–H groups in total. The third kappa shape index (κ3) is 3.26. The smallest absolute Gasteiger partial charge is 0.339 e. The van der Waals surface area contributed by atoms with Crippen LogP contribution in [0.3, 0.4) is 0 Å². The molecule has 0 saturated heterocycles. The van der Waals surface area contributed by atoms with Crippen molar-refractivity contribution in [3.8, 4) is 0 Å². The zero-order valence-electron chi connectivity index (χ0n) is 12.6. The molecule has 1 aliphatic carbocycles. The minimum absolute atomic E-state index is 0.0255. The maximum atomic E-state index is 12.2. The monoisotopic (exact) mass is 295 g/mol. The highest BCUT2D eigenvalue weighted by Crippen LogP contribution is 2.38. The van der Waals surface area contributed by atoms with Crippen LogP contribution in [0.4, 0.5) is 0 Å². The minimum atomic E-state index is -1.02. The fourth-order valence-electron chi connectivity index (χ4n) is 2.59. The Labute approximate surface area is 123 Å². The van der Waals surface area contributed by atoms with Gasteiger partial charge in [0.05, 0.1) is 18.6 Å². The molecule has 0 spiro atoms. The summed E-state index contributed by atoms with van der Waals surface area (Å²) in [7, 11) is 3.32. The van der Waals surface area contributed by atoms with Crippen molar-refractivity contribution in [1.82, 2.24) is 4.90 Å². The molecular weight excluding hydrogens is 274 g/mol. The van der Waals surface area contributed by atoms with Crippen LogP contribution in [-0.2, 0) is 16.1 Å². The summed E-state index contributed by atoms with van der Waals surface area (Å²) in [4.78, 5) is 24.7. The van der Waals surface area contributed by atoms with Gasteiger partial charge in [-0.15, -0.1) is 0 Å². The molecule has 1 fully saturated rings. The molecule has 6 nitrogen and oxygen atoms in total. The van der Waals surface area contributed by atoms with E-state index in [1.54, 1.807) is 26.0 Å². The Bertz CT molecular complexity index is 539. The number of furan rings is 1. The van der Waals surface area contributed by atoms with Gasteiger partial charge in [0.2, 0.25) is 5.91 Å². The van der Waals surface area contributed by atoms with E-state index in [9.17, 15) is 9.59 Å². The highest BCUT2D eigenvalue weighted by atomic mass is 16.5. The highest BCUT2D eigenvalue weighted by Gasteiger charge is 2.39. The van der Waals surface area contributed by atoms with Crippen molar-refractivity contribution in [3.05, 3.63) is 23.2 Å². The van der Waals surface area contributed by atoms with Gasteiger partial charge in [-0.2, -0.15) is 0 Å². The van der Waals surface area contributed by atoms with E-state index in [2.05, 4.69) is 0 Å². The topological polar surface area (TPSA) is 80.0 Å². The Kier molecular flexibility index (Phi) is 4.37. The predicted molar refractivity (Wildman–Crippen MR) is 75.1 cm³/mol. The largest absolute Gasteiger partial charge is 0.478 e. The van der Waals surface area contributed by atoms with Crippen LogP contribution in [0.15, 0.2) is 10.5 Å². The molecular formula is C15H21NO5. The number of carboxylic acids is 1. The van der Waals surface area contributed by atoms with Crippen molar-refractivity contribution < 1.29 is 23.8 Å². The van der Waals surface area contributed by atoms with Crippen molar-refractivity contribution >= 4 is 11.9 Å². The van der Waals surface area contributed by atoms with Crippen LogP contribution in [-0.4, -0.2) is 41.6 Å². The van der Waals surface area contributed by atoms with Gasteiger partial charge in [0, 0.05) is 14.2 Å². The van der Waals surface area contributed by atoms with Gasteiger partial charge in [0.25, 0.3) is 0 Å². The zero-order valence-corrected chi connectivity index (χ0v) is 12.6. The van der Waals surface area contributed by atoms with Crippen LogP contribution in [0.5, 0.6) is 0 Å². The lowest BCUT2D eigenvalue weighted by atomic mass is 9.77. The number of hydrogen-bond acceptors (Lipinski definition) is 4. The van der Waals surface area contributed by atoms with E-state index in [4.69, 9.17) is 14.3 Å². The number of amides is 1. The average molecular weight is 295 g/mol. The second kappa shape index (κ2) is 5.89. The molecule has 1 aliphatic rings. The summed E-state index contributed by atoms with van der Waals surface area (Å²) in [6, 6.07) is 1.47. The Morgan fingerprint density at radius 3 is 2.57 bits per heavy atom. The molecule has 6 heteroatoms. The normalized spacial score (nSPS) is 16.3. The molecule has 1 heterocycles. The van der Waals surface area contributed by atoms with E-state index in [0.717, 1.165) is 19.3 Å².